The second kappa shape index (κ2) is 8.14. The number of nitrogens with two attached hydrogens (primary N) is 2. The fraction of sp³-hybridized carbons (Fsp3) is 0.360. The summed E-state index contributed by atoms with van der Waals surface area (Å²) in [5, 5.41) is 8.66. The van der Waals surface area contributed by atoms with E-state index in [2.05, 4.69) is 15.2 Å². The first-order valence-corrected chi connectivity index (χ1v) is 12.0. The normalized spacial score (nSPS) is 21.3. The number of hydrogen-bond donors (Lipinski definition) is 2. The zero-order valence-electron chi connectivity index (χ0n) is 20.1. The average molecular weight is 486 g/mol. The lowest BCUT2D eigenvalue weighted by Crippen LogP contribution is -2.48. The molecule has 3 atom stereocenters. The maximum atomic E-state index is 12.7. The molecule has 2 unspecified atom stereocenters. The maximum Gasteiger partial charge on any atom is 0.315 e. The number of ketones is 1. The minimum absolute atomic E-state index is 0.00173. The standard InChI is InChI=1S/C25H27N9O2/c1-13(35)21-22(15-7-17-4-5-18(8-15)33(17)25(27)36)31-24-19(11-30-34(24)23(21)26)14-3-6-20(28-9-14)16-10-29-32(2)12-16/h3,6,9-12,15,17-18H,4-5,7-8,26H2,1-2H3,(H2,27,36)/t15?,17-,18?/m1/s1. The molecule has 6 heterocycles. The maximum absolute atomic E-state index is 12.7. The largest absolute Gasteiger partial charge is 0.383 e. The molecule has 4 aromatic rings. The number of nitrogen functional groups attached to an aromatic ring is 1. The van der Waals surface area contributed by atoms with Gasteiger partial charge in [-0.2, -0.15) is 14.7 Å². The average Bonchev–Trinajstić information content (AvgIpc) is 3.54. The SMILES string of the molecule is CC(=O)c1c(C2CC3CC[C@H](C2)N3C(N)=O)nc2c(-c3ccc(-c4cnn(C)c4)nc3)cnn2c1N. The fourth-order valence-electron chi connectivity index (χ4n) is 5.93. The lowest BCUT2D eigenvalue weighted by atomic mass is 9.85. The molecule has 11 heteroatoms. The Labute approximate surface area is 207 Å². The molecule has 2 aliphatic heterocycles. The van der Waals surface area contributed by atoms with Crippen LogP contribution in [0.4, 0.5) is 10.6 Å². The van der Waals surface area contributed by atoms with Crippen molar-refractivity contribution < 1.29 is 9.59 Å². The summed E-state index contributed by atoms with van der Waals surface area (Å²) >= 11 is 0. The smallest absolute Gasteiger partial charge is 0.315 e. The van der Waals surface area contributed by atoms with E-state index in [0.717, 1.165) is 35.2 Å². The number of carbonyl (C=O) groups excluding carboxylic acids is 2. The van der Waals surface area contributed by atoms with Crippen molar-refractivity contribution >= 4 is 23.3 Å². The van der Waals surface area contributed by atoms with Gasteiger partial charge in [-0.15, -0.1) is 0 Å². The number of aromatic nitrogens is 6. The van der Waals surface area contributed by atoms with Gasteiger partial charge in [-0.25, -0.2) is 9.78 Å². The van der Waals surface area contributed by atoms with Crippen molar-refractivity contribution in [2.75, 3.05) is 5.73 Å². The number of Topliss-reactive ketones (excluding diaryl/α,β-unsaturated/α-hetero) is 1. The third-order valence-electron chi connectivity index (χ3n) is 7.51. The van der Waals surface area contributed by atoms with E-state index in [4.69, 9.17) is 16.5 Å². The summed E-state index contributed by atoms with van der Waals surface area (Å²) in [5.41, 5.74) is 17.2. The van der Waals surface area contributed by atoms with Crippen LogP contribution >= 0.6 is 0 Å². The van der Waals surface area contributed by atoms with Crippen LogP contribution in [-0.4, -0.2) is 58.2 Å². The van der Waals surface area contributed by atoms with E-state index in [0.29, 0.717) is 29.7 Å². The van der Waals surface area contributed by atoms with Crippen molar-refractivity contribution in [3.8, 4) is 22.4 Å². The Morgan fingerprint density at radius 1 is 1.03 bits per heavy atom. The fourth-order valence-corrected chi connectivity index (χ4v) is 5.93. The third-order valence-corrected chi connectivity index (χ3v) is 7.51. The van der Waals surface area contributed by atoms with Crippen molar-refractivity contribution in [1.82, 2.24) is 34.3 Å². The van der Waals surface area contributed by atoms with E-state index in [1.54, 1.807) is 28.2 Å². The monoisotopic (exact) mass is 485 g/mol. The second-order valence-electron chi connectivity index (χ2n) is 9.74. The molecule has 0 spiro atoms. The van der Waals surface area contributed by atoms with E-state index in [1.807, 2.05) is 25.4 Å². The van der Waals surface area contributed by atoms with Crippen molar-refractivity contribution in [2.24, 2.45) is 12.8 Å². The molecule has 4 aromatic heterocycles. The van der Waals surface area contributed by atoms with Gasteiger partial charge in [-0.05, 0) is 38.7 Å². The van der Waals surface area contributed by atoms with E-state index < -0.39 is 0 Å². The van der Waals surface area contributed by atoms with Gasteiger partial charge in [0.2, 0.25) is 0 Å². The topological polar surface area (TPSA) is 150 Å². The minimum atomic E-state index is -0.379. The first kappa shape index (κ1) is 22.2. The molecule has 36 heavy (non-hydrogen) atoms. The van der Waals surface area contributed by atoms with Crippen LogP contribution in [0.15, 0.2) is 36.9 Å². The Morgan fingerprint density at radius 3 is 2.36 bits per heavy atom. The molecule has 2 saturated heterocycles. The number of fused-ring (bicyclic) bond motifs is 3. The van der Waals surface area contributed by atoms with Crippen LogP contribution in [0.1, 0.15) is 54.6 Å². The Kier molecular flexibility index (Phi) is 5.02. The summed E-state index contributed by atoms with van der Waals surface area (Å²) in [6, 6.07) is 3.63. The number of primary amides is 1. The number of pyridine rings is 1. The predicted molar refractivity (Wildman–Crippen MR) is 133 cm³/mol. The highest BCUT2D eigenvalue weighted by molar-refractivity contribution is 6.00. The van der Waals surface area contributed by atoms with Gasteiger partial charge in [-0.1, -0.05) is 6.07 Å². The first-order valence-electron chi connectivity index (χ1n) is 12.0. The van der Waals surface area contributed by atoms with Gasteiger partial charge in [0.05, 0.1) is 29.3 Å². The lowest BCUT2D eigenvalue weighted by Gasteiger charge is -2.38. The van der Waals surface area contributed by atoms with Gasteiger partial charge in [0, 0.05) is 54.1 Å². The summed E-state index contributed by atoms with van der Waals surface area (Å²) in [6.45, 7) is 1.50. The second-order valence-corrected chi connectivity index (χ2v) is 9.74. The van der Waals surface area contributed by atoms with Crippen LogP contribution in [0, 0.1) is 0 Å². The molecule has 0 aliphatic carbocycles. The third kappa shape index (κ3) is 3.42. The van der Waals surface area contributed by atoms with E-state index in [-0.39, 0.29) is 35.6 Å². The number of rotatable bonds is 4. The van der Waals surface area contributed by atoms with E-state index in [1.165, 1.54) is 11.4 Å². The van der Waals surface area contributed by atoms with Crippen molar-refractivity contribution in [3.05, 3.63) is 48.2 Å². The molecule has 2 amide bonds. The summed E-state index contributed by atoms with van der Waals surface area (Å²) < 4.78 is 3.26. The molecule has 11 nitrogen and oxygen atoms in total. The number of aryl methyl sites for hydroxylation is 1. The highest BCUT2D eigenvalue weighted by Gasteiger charge is 2.44. The minimum Gasteiger partial charge on any atom is -0.383 e. The summed E-state index contributed by atoms with van der Waals surface area (Å²) in [5.74, 6) is 0.123. The van der Waals surface area contributed by atoms with Crippen molar-refractivity contribution in [3.63, 3.8) is 0 Å². The molecule has 0 aromatic carbocycles. The Balaban J connectivity index is 1.42. The molecular formula is C25H27N9O2. The summed E-state index contributed by atoms with van der Waals surface area (Å²) in [7, 11) is 1.86. The number of hydrogen-bond acceptors (Lipinski definition) is 7. The molecule has 2 aliphatic rings. The zero-order chi connectivity index (χ0) is 25.1. The molecule has 184 valence electrons. The molecule has 0 saturated carbocycles. The first-order chi connectivity index (χ1) is 17.3. The van der Waals surface area contributed by atoms with Gasteiger partial charge in [-0.3, -0.25) is 14.5 Å². The Hall–Kier alpha value is -4.28. The van der Waals surface area contributed by atoms with Crippen LogP contribution in [-0.2, 0) is 7.05 Å². The highest BCUT2D eigenvalue weighted by atomic mass is 16.2. The number of carbonyl (C=O) groups is 2. The number of anilines is 1. The van der Waals surface area contributed by atoms with Gasteiger partial charge in [0.25, 0.3) is 0 Å². The molecule has 2 bridgehead atoms. The van der Waals surface area contributed by atoms with Gasteiger partial charge in [0.15, 0.2) is 11.4 Å². The molecule has 6 rings (SSSR count). The van der Waals surface area contributed by atoms with Crippen LogP contribution < -0.4 is 11.5 Å². The number of piperidine rings is 1. The molecule has 4 N–H and O–H groups in total. The molecular weight excluding hydrogens is 458 g/mol. The van der Waals surface area contributed by atoms with Gasteiger partial charge >= 0.3 is 6.03 Å². The molecule has 0 radical (unpaired) electrons. The van der Waals surface area contributed by atoms with Crippen molar-refractivity contribution in [1.29, 1.82) is 0 Å². The van der Waals surface area contributed by atoms with Crippen LogP contribution in [0.5, 0.6) is 0 Å². The van der Waals surface area contributed by atoms with Crippen LogP contribution in [0.2, 0.25) is 0 Å². The number of urea groups is 1. The highest BCUT2D eigenvalue weighted by Crippen LogP contribution is 2.44. The predicted octanol–water partition coefficient (Wildman–Crippen LogP) is 2.77. The Bertz CT molecular complexity index is 1490. The van der Waals surface area contributed by atoms with E-state index >= 15 is 0 Å². The quantitative estimate of drug-likeness (QED) is 0.422. The number of amides is 2. The van der Waals surface area contributed by atoms with E-state index in [9.17, 15) is 9.59 Å². The lowest BCUT2D eigenvalue weighted by molar-refractivity contribution is 0.101. The summed E-state index contributed by atoms with van der Waals surface area (Å²) in [6.07, 6.45) is 10.4. The van der Waals surface area contributed by atoms with Crippen molar-refractivity contribution in [2.45, 2.75) is 50.6 Å². The van der Waals surface area contributed by atoms with Crippen LogP contribution in [0.25, 0.3) is 28.0 Å². The molecule has 2 fully saturated rings. The number of nitrogens with zero attached hydrogens (tertiary/aromatic N) is 7. The summed E-state index contributed by atoms with van der Waals surface area (Å²) in [4.78, 5) is 36.1. The van der Waals surface area contributed by atoms with Gasteiger partial charge < -0.3 is 16.4 Å². The van der Waals surface area contributed by atoms with Gasteiger partial charge in [0.1, 0.15) is 5.82 Å². The Morgan fingerprint density at radius 2 is 1.78 bits per heavy atom. The van der Waals surface area contributed by atoms with Crippen LogP contribution in [0.3, 0.4) is 0 Å². The zero-order valence-corrected chi connectivity index (χ0v) is 20.1.